The maximum absolute atomic E-state index is 13.8. The van der Waals surface area contributed by atoms with Gasteiger partial charge in [0.05, 0.1) is 18.2 Å². The van der Waals surface area contributed by atoms with Crippen molar-refractivity contribution in [2.75, 3.05) is 20.6 Å². The standard InChI is InChI=1S/C33H55N3O5/c1-7-14-27(21-30(38)36(22-31(39)35(5)6)24(4)26-17-12-9-13-18-26)33(41)34-28(20-25-15-10-8-11-16-25)32(40)29(37)19-23(2)3/h9,12-13,17-18,23-25,27-29,32,37,40H,7-8,10-11,14-16,19-22H2,1-6H3,(H,34,41)/t24-,27+,28-,29-,32+/m0/s1. The van der Waals surface area contributed by atoms with Crippen molar-refractivity contribution in [2.45, 2.75) is 116 Å². The zero-order chi connectivity index (χ0) is 30.5. The molecule has 0 aliphatic heterocycles. The summed E-state index contributed by atoms with van der Waals surface area (Å²) in [5, 5.41) is 25.0. The van der Waals surface area contributed by atoms with Crippen LogP contribution in [0.4, 0.5) is 0 Å². The second kappa shape index (κ2) is 17.5. The highest BCUT2D eigenvalue weighted by Gasteiger charge is 2.34. The number of likely N-dealkylation sites (N-methyl/N-ethyl adjacent to an activating group) is 1. The van der Waals surface area contributed by atoms with Crippen LogP contribution in [0.5, 0.6) is 0 Å². The van der Waals surface area contributed by atoms with Crippen molar-refractivity contribution in [3.63, 3.8) is 0 Å². The normalized spacial score (nSPS) is 17.8. The second-order valence-electron chi connectivity index (χ2n) is 12.6. The number of carbonyl (C=O) groups excluding carboxylic acids is 3. The average molecular weight is 574 g/mol. The van der Waals surface area contributed by atoms with Crippen LogP contribution in [-0.4, -0.2) is 76.6 Å². The van der Waals surface area contributed by atoms with E-state index in [9.17, 15) is 24.6 Å². The third-order valence-corrected chi connectivity index (χ3v) is 8.46. The van der Waals surface area contributed by atoms with E-state index in [0.717, 1.165) is 31.2 Å². The number of aliphatic hydroxyl groups is 2. The second-order valence-corrected chi connectivity index (χ2v) is 12.6. The molecule has 3 N–H and O–H groups in total. The Hall–Kier alpha value is -2.45. The summed E-state index contributed by atoms with van der Waals surface area (Å²) < 4.78 is 0. The van der Waals surface area contributed by atoms with Gasteiger partial charge in [-0.05, 0) is 43.6 Å². The predicted octanol–water partition coefficient (Wildman–Crippen LogP) is 4.69. The molecule has 41 heavy (non-hydrogen) atoms. The van der Waals surface area contributed by atoms with Crippen molar-refractivity contribution >= 4 is 17.7 Å². The Kier molecular flexibility index (Phi) is 14.8. The van der Waals surface area contributed by atoms with Gasteiger partial charge in [-0.15, -0.1) is 0 Å². The van der Waals surface area contributed by atoms with Crippen molar-refractivity contribution in [3.05, 3.63) is 35.9 Å². The van der Waals surface area contributed by atoms with Crippen molar-refractivity contribution in [1.82, 2.24) is 15.1 Å². The van der Waals surface area contributed by atoms with Crippen LogP contribution in [0, 0.1) is 17.8 Å². The molecule has 1 fully saturated rings. The number of nitrogens with zero attached hydrogens (tertiary/aromatic N) is 2. The molecule has 1 saturated carbocycles. The lowest BCUT2D eigenvalue weighted by atomic mass is 9.82. The first kappa shape index (κ1) is 34.7. The molecule has 0 spiro atoms. The fraction of sp³-hybridized carbons (Fsp3) is 0.727. The molecule has 0 saturated heterocycles. The van der Waals surface area contributed by atoms with Crippen LogP contribution in [0.2, 0.25) is 0 Å². The summed E-state index contributed by atoms with van der Waals surface area (Å²) in [5.41, 5.74) is 0.915. The quantitative estimate of drug-likeness (QED) is 0.266. The Morgan fingerprint density at radius 1 is 0.976 bits per heavy atom. The van der Waals surface area contributed by atoms with Crippen molar-refractivity contribution in [2.24, 2.45) is 17.8 Å². The maximum Gasteiger partial charge on any atom is 0.241 e. The van der Waals surface area contributed by atoms with Gasteiger partial charge < -0.3 is 25.3 Å². The molecule has 5 atom stereocenters. The summed E-state index contributed by atoms with van der Waals surface area (Å²) in [7, 11) is 3.33. The van der Waals surface area contributed by atoms with Gasteiger partial charge in [-0.25, -0.2) is 0 Å². The van der Waals surface area contributed by atoms with E-state index < -0.39 is 24.2 Å². The fourth-order valence-electron chi connectivity index (χ4n) is 5.90. The highest BCUT2D eigenvalue weighted by atomic mass is 16.3. The monoisotopic (exact) mass is 573 g/mol. The smallest absolute Gasteiger partial charge is 0.241 e. The molecule has 0 aromatic heterocycles. The van der Waals surface area contributed by atoms with E-state index in [-0.39, 0.29) is 42.6 Å². The molecular weight excluding hydrogens is 518 g/mol. The predicted molar refractivity (Wildman–Crippen MR) is 163 cm³/mol. The highest BCUT2D eigenvalue weighted by Crippen LogP contribution is 2.30. The Bertz CT molecular complexity index is 932. The van der Waals surface area contributed by atoms with Gasteiger partial charge in [0, 0.05) is 26.4 Å². The van der Waals surface area contributed by atoms with Crippen LogP contribution >= 0.6 is 0 Å². The lowest BCUT2D eigenvalue weighted by Crippen LogP contribution is -2.51. The molecule has 1 aromatic rings. The Morgan fingerprint density at radius 3 is 2.17 bits per heavy atom. The van der Waals surface area contributed by atoms with E-state index in [1.54, 1.807) is 19.0 Å². The number of carbonyl (C=O) groups is 3. The number of aliphatic hydroxyl groups excluding tert-OH is 2. The summed E-state index contributed by atoms with van der Waals surface area (Å²) in [5.74, 6) is -0.723. The van der Waals surface area contributed by atoms with Crippen LogP contribution in [0.3, 0.4) is 0 Å². The number of hydrogen-bond acceptors (Lipinski definition) is 5. The molecule has 2 rings (SSSR count). The molecule has 0 heterocycles. The first-order valence-electron chi connectivity index (χ1n) is 15.7. The molecule has 0 unspecified atom stereocenters. The molecular formula is C33H55N3O5. The van der Waals surface area contributed by atoms with Gasteiger partial charge >= 0.3 is 0 Å². The molecule has 0 bridgehead atoms. The van der Waals surface area contributed by atoms with Crippen molar-refractivity contribution in [3.8, 4) is 0 Å². The minimum Gasteiger partial charge on any atom is -0.390 e. The van der Waals surface area contributed by atoms with E-state index in [0.29, 0.717) is 31.6 Å². The fourth-order valence-corrected chi connectivity index (χ4v) is 5.90. The summed E-state index contributed by atoms with van der Waals surface area (Å²) in [6, 6.07) is 8.66. The summed E-state index contributed by atoms with van der Waals surface area (Å²) in [6.45, 7) is 7.80. The van der Waals surface area contributed by atoms with Gasteiger partial charge in [-0.3, -0.25) is 14.4 Å². The Balaban J connectivity index is 2.24. The van der Waals surface area contributed by atoms with E-state index in [1.807, 2.05) is 58.0 Å². The Morgan fingerprint density at radius 2 is 1.61 bits per heavy atom. The van der Waals surface area contributed by atoms with Gasteiger partial charge in [-0.1, -0.05) is 89.6 Å². The van der Waals surface area contributed by atoms with Crippen LogP contribution in [0.25, 0.3) is 0 Å². The maximum atomic E-state index is 13.8. The lowest BCUT2D eigenvalue weighted by molar-refractivity contribution is -0.143. The Labute approximate surface area is 247 Å². The molecule has 0 radical (unpaired) electrons. The number of hydrogen-bond donors (Lipinski definition) is 3. The number of benzene rings is 1. The van der Waals surface area contributed by atoms with Crippen LogP contribution in [0.15, 0.2) is 30.3 Å². The van der Waals surface area contributed by atoms with Crippen LogP contribution < -0.4 is 5.32 Å². The first-order chi connectivity index (χ1) is 19.4. The number of nitrogens with one attached hydrogen (secondary N) is 1. The van der Waals surface area contributed by atoms with E-state index >= 15 is 0 Å². The van der Waals surface area contributed by atoms with Crippen molar-refractivity contribution < 1.29 is 24.6 Å². The molecule has 8 nitrogen and oxygen atoms in total. The summed E-state index contributed by atoms with van der Waals surface area (Å²) in [6.07, 6.45) is 5.85. The molecule has 1 aliphatic carbocycles. The zero-order valence-corrected chi connectivity index (χ0v) is 26.2. The summed E-state index contributed by atoms with van der Waals surface area (Å²) in [4.78, 5) is 43.2. The van der Waals surface area contributed by atoms with Gasteiger partial charge in [0.2, 0.25) is 17.7 Å². The number of rotatable bonds is 16. The topological polar surface area (TPSA) is 110 Å². The molecule has 1 aromatic carbocycles. The zero-order valence-electron chi connectivity index (χ0n) is 26.2. The SMILES string of the molecule is CCC[C@H](CC(=O)N(CC(=O)N(C)C)[C@@H](C)c1ccccc1)C(=O)N[C@@H](CC1CCCCC1)[C@@H](O)[C@@H](O)CC(C)C. The van der Waals surface area contributed by atoms with E-state index in [2.05, 4.69) is 5.32 Å². The van der Waals surface area contributed by atoms with E-state index in [4.69, 9.17) is 0 Å². The average Bonchev–Trinajstić information content (AvgIpc) is 2.94. The number of amides is 3. The van der Waals surface area contributed by atoms with E-state index in [1.165, 1.54) is 11.3 Å². The minimum atomic E-state index is -1.08. The van der Waals surface area contributed by atoms with Gasteiger partial charge in [0.25, 0.3) is 0 Å². The van der Waals surface area contributed by atoms with Gasteiger partial charge in [0.15, 0.2) is 0 Å². The largest absolute Gasteiger partial charge is 0.390 e. The molecule has 1 aliphatic rings. The first-order valence-corrected chi connectivity index (χ1v) is 15.7. The molecule has 232 valence electrons. The van der Waals surface area contributed by atoms with Crippen molar-refractivity contribution in [1.29, 1.82) is 0 Å². The summed E-state index contributed by atoms with van der Waals surface area (Å²) >= 11 is 0. The molecule has 3 amide bonds. The minimum absolute atomic E-state index is 0.0294. The van der Waals surface area contributed by atoms with Gasteiger partial charge in [-0.2, -0.15) is 0 Å². The highest BCUT2D eigenvalue weighted by molar-refractivity contribution is 5.89. The lowest BCUT2D eigenvalue weighted by Gasteiger charge is -2.34. The van der Waals surface area contributed by atoms with Gasteiger partial charge in [0.1, 0.15) is 12.6 Å². The van der Waals surface area contributed by atoms with Crippen LogP contribution in [0.1, 0.15) is 104 Å². The molecule has 8 heteroatoms. The third kappa shape index (κ3) is 11.4. The third-order valence-electron chi connectivity index (χ3n) is 8.46. The van der Waals surface area contributed by atoms with Crippen LogP contribution in [-0.2, 0) is 14.4 Å².